The van der Waals surface area contributed by atoms with Crippen molar-refractivity contribution in [3.05, 3.63) is 23.8 Å². The van der Waals surface area contributed by atoms with Crippen molar-refractivity contribution in [2.24, 2.45) is 0 Å². The molecule has 1 aromatic carbocycles. The predicted octanol–water partition coefficient (Wildman–Crippen LogP) is -0.0272. The molecule has 0 spiro atoms. The van der Waals surface area contributed by atoms with Gasteiger partial charge in [-0.2, -0.15) is 0 Å². The number of hydrogen-bond donors (Lipinski definition) is 2. The van der Waals surface area contributed by atoms with Crippen LogP contribution in [0.15, 0.2) is 18.2 Å². The van der Waals surface area contributed by atoms with Gasteiger partial charge in [-0.15, -0.1) is 0 Å². The first-order valence-electron chi connectivity index (χ1n) is 5.55. The first-order valence-corrected chi connectivity index (χ1v) is 5.55. The molecule has 96 valence electrons. The minimum absolute atomic E-state index is 0.0227. The first-order chi connectivity index (χ1) is 8.61. The molecule has 0 saturated carbocycles. The number of ether oxygens (including phenoxy) is 1. The maximum atomic E-state index is 12.1. The van der Waals surface area contributed by atoms with Gasteiger partial charge in [0.25, 0.3) is 5.91 Å². The maximum Gasteiger partial charge on any atom is 0.254 e. The second-order valence-electron chi connectivity index (χ2n) is 3.96. The second-order valence-corrected chi connectivity index (χ2v) is 3.96. The number of phenolic OH excluding ortho intramolecular Hbond substituents is 1. The fourth-order valence-corrected chi connectivity index (χ4v) is 1.81. The Morgan fingerprint density at radius 3 is 2.94 bits per heavy atom. The number of rotatable bonds is 2. The summed E-state index contributed by atoms with van der Waals surface area (Å²) in [5.74, 6) is -0.198. The highest BCUT2D eigenvalue weighted by Gasteiger charge is 2.22. The van der Waals surface area contributed by atoms with Crippen molar-refractivity contribution in [2.45, 2.75) is 0 Å². The smallest absolute Gasteiger partial charge is 0.254 e. The topological polar surface area (TPSA) is 78.9 Å². The van der Waals surface area contributed by atoms with E-state index >= 15 is 0 Å². The zero-order valence-electron chi connectivity index (χ0n) is 9.97. The van der Waals surface area contributed by atoms with Crippen LogP contribution in [0, 0.1) is 0 Å². The summed E-state index contributed by atoms with van der Waals surface area (Å²) in [6.07, 6.45) is 0. The molecule has 18 heavy (non-hydrogen) atoms. The molecule has 1 saturated heterocycles. The fraction of sp³-hybridized carbons (Fsp3) is 0.333. The van der Waals surface area contributed by atoms with Crippen LogP contribution in [0.1, 0.15) is 10.4 Å². The third kappa shape index (κ3) is 2.37. The van der Waals surface area contributed by atoms with Gasteiger partial charge in [-0.1, -0.05) is 0 Å². The van der Waals surface area contributed by atoms with Crippen molar-refractivity contribution in [3.8, 4) is 11.5 Å². The monoisotopic (exact) mass is 250 g/mol. The number of carbonyl (C=O) groups is 2. The molecule has 0 unspecified atom stereocenters. The number of amides is 2. The minimum Gasteiger partial charge on any atom is -0.504 e. The predicted molar refractivity (Wildman–Crippen MR) is 63.6 cm³/mol. The van der Waals surface area contributed by atoms with Crippen LogP contribution in [0.4, 0.5) is 0 Å². The summed E-state index contributed by atoms with van der Waals surface area (Å²) in [4.78, 5) is 24.8. The van der Waals surface area contributed by atoms with Gasteiger partial charge in [0.1, 0.15) is 0 Å². The molecule has 0 atom stereocenters. The number of hydrogen-bond acceptors (Lipinski definition) is 4. The van der Waals surface area contributed by atoms with Gasteiger partial charge in [-0.05, 0) is 18.2 Å². The molecular formula is C12H14N2O4. The third-order valence-corrected chi connectivity index (χ3v) is 2.75. The molecule has 2 amide bonds. The Balaban J connectivity index is 2.20. The Kier molecular flexibility index (Phi) is 3.36. The first kappa shape index (κ1) is 12.2. The van der Waals surface area contributed by atoms with Crippen molar-refractivity contribution >= 4 is 11.8 Å². The van der Waals surface area contributed by atoms with Gasteiger partial charge in [0.2, 0.25) is 5.91 Å². The van der Waals surface area contributed by atoms with E-state index in [1.807, 2.05) is 0 Å². The molecule has 0 aromatic heterocycles. The van der Waals surface area contributed by atoms with Crippen LogP contribution in [-0.2, 0) is 4.79 Å². The van der Waals surface area contributed by atoms with E-state index in [2.05, 4.69) is 5.32 Å². The molecule has 1 aromatic rings. The lowest BCUT2D eigenvalue weighted by atomic mass is 10.1. The molecule has 2 N–H and O–H groups in total. The SMILES string of the molecule is COc1cc(C(=O)N2CCNC(=O)C2)ccc1O. The van der Waals surface area contributed by atoms with E-state index in [4.69, 9.17) is 4.74 Å². The van der Waals surface area contributed by atoms with E-state index < -0.39 is 0 Å². The normalized spacial score (nSPS) is 15.2. The molecule has 0 aliphatic carbocycles. The zero-order chi connectivity index (χ0) is 13.1. The van der Waals surface area contributed by atoms with E-state index in [-0.39, 0.29) is 29.9 Å². The quantitative estimate of drug-likeness (QED) is 0.772. The third-order valence-electron chi connectivity index (χ3n) is 2.75. The van der Waals surface area contributed by atoms with Crippen LogP contribution in [0.2, 0.25) is 0 Å². The van der Waals surface area contributed by atoms with Crippen molar-refractivity contribution in [2.75, 3.05) is 26.7 Å². The zero-order valence-corrected chi connectivity index (χ0v) is 9.97. The largest absolute Gasteiger partial charge is 0.504 e. The van der Waals surface area contributed by atoms with Crippen LogP contribution < -0.4 is 10.1 Å². The number of nitrogens with zero attached hydrogens (tertiary/aromatic N) is 1. The van der Waals surface area contributed by atoms with E-state index in [0.717, 1.165) is 0 Å². The van der Waals surface area contributed by atoms with Crippen LogP contribution in [-0.4, -0.2) is 48.6 Å². The number of aromatic hydroxyl groups is 1. The van der Waals surface area contributed by atoms with E-state index in [0.29, 0.717) is 18.7 Å². The highest BCUT2D eigenvalue weighted by Crippen LogP contribution is 2.26. The number of nitrogens with one attached hydrogen (secondary N) is 1. The number of methoxy groups -OCH3 is 1. The van der Waals surface area contributed by atoms with E-state index in [1.54, 1.807) is 0 Å². The van der Waals surface area contributed by atoms with Crippen molar-refractivity contribution in [1.29, 1.82) is 0 Å². The maximum absolute atomic E-state index is 12.1. The Bertz CT molecular complexity index is 487. The molecule has 0 radical (unpaired) electrons. The molecular weight excluding hydrogens is 236 g/mol. The standard InChI is InChI=1S/C12H14N2O4/c1-18-10-6-8(2-3-9(10)15)12(17)14-5-4-13-11(16)7-14/h2-3,6,15H,4-5,7H2,1H3,(H,13,16). The molecule has 2 rings (SSSR count). The van der Waals surface area contributed by atoms with Gasteiger partial charge in [-0.3, -0.25) is 9.59 Å². The highest BCUT2D eigenvalue weighted by atomic mass is 16.5. The van der Waals surface area contributed by atoms with Crippen LogP contribution >= 0.6 is 0 Å². The summed E-state index contributed by atoms with van der Waals surface area (Å²) in [5.41, 5.74) is 0.388. The molecule has 0 bridgehead atoms. The van der Waals surface area contributed by atoms with Crippen molar-refractivity contribution in [1.82, 2.24) is 10.2 Å². The molecule has 1 aliphatic heterocycles. The van der Waals surface area contributed by atoms with Crippen molar-refractivity contribution < 1.29 is 19.4 Å². The van der Waals surface area contributed by atoms with Gasteiger partial charge in [-0.25, -0.2) is 0 Å². The summed E-state index contributed by atoms with van der Waals surface area (Å²) in [6, 6.07) is 4.37. The summed E-state index contributed by atoms with van der Waals surface area (Å²) in [6.45, 7) is 0.996. The molecule has 6 heteroatoms. The lowest BCUT2D eigenvalue weighted by molar-refractivity contribution is -0.123. The van der Waals surface area contributed by atoms with Gasteiger partial charge in [0.15, 0.2) is 11.5 Å². The Morgan fingerprint density at radius 1 is 1.50 bits per heavy atom. The summed E-state index contributed by atoms with van der Waals surface area (Å²) in [7, 11) is 1.41. The molecule has 6 nitrogen and oxygen atoms in total. The average Bonchev–Trinajstić information content (AvgIpc) is 2.38. The van der Waals surface area contributed by atoms with Crippen molar-refractivity contribution in [3.63, 3.8) is 0 Å². The lowest BCUT2D eigenvalue weighted by Gasteiger charge is -2.26. The Morgan fingerprint density at radius 2 is 2.28 bits per heavy atom. The minimum atomic E-state index is -0.247. The molecule has 1 heterocycles. The number of carbonyl (C=O) groups excluding carboxylic acids is 2. The average molecular weight is 250 g/mol. The van der Waals surface area contributed by atoms with Crippen LogP contribution in [0.25, 0.3) is 0 Å². The number of piperazine rings is 1. The number of benzene rings is 1. The van der Waals surface area contributed by atoms with Gasteiger partial charge in [0.05, 0.1) is 13.7 Å². The van der Waals surface area contributed by atoms with Crippen LogP contribution in [0.3, 0.4) is 0 Å². The summed E-state index contributed by atoms with van der Waals surface area (Å²) < 4.78 is 4.94. The molecule has 1 aliphatic rings. The second kappa shape index (κ2) is 4.95. The fourth-order valence-electron chi connectivity index (χ4n) is 1.81. The van der Waals surface area contributed by atoms with Gasteiger partial charge >= 0.3 is 0 Å². The van der Waals surface area contributed by atoms with Gasteiger partial charge in [0, 0.05) is 18.7 Å². The Labute approximate surface area is 104 Å². The van der Waals surface area contributed by atoms with E-state index in [1.165, 1.54) is 30.2 Å². The molecule has 1 fully saturated rings. The van der Waals surface area contributed by atoms with Gasteiger partial charge < -0.3 is 20.1 Å². The Hall–Kier alpha value is -2.24. The summed E-state index contributed by atoms with van der Waals surface area (Å²) >= 11 is 0. The highest BCUT2D eigenvalue weighted by molar-refractivity contribution is 5.97. The lowest BCUT2D eigenvalue weighted by Crippen LogP contribution is -2.49. The van der Waals surface area contributed by atoms with E-state index in [9.17, 15) is 14.7 Å². The summed E-state index contributed by atoms with van der Waals surface area (Å²) in [5, 5.41) is 12.1. The number of phenols is 1. The van der Waals surface area contributed by atoms with Crippen LogP contribution in [0.5, 0.6) is 11.5 Å².